The zero-order valence-electron chi connectivity index (χ0n) is 12.2. The molecular weight excluding hydrogens is 248 g/mol. The van der Waals surface area contributed by atoms with Gasteiger partial charge in [0.1, 0.15) is 0 Å². The minimum absolute atomic E-state index is 0.841. The highest BCUT2D eigenvalue weighted by atomic mass is 32.1. The van der Waals surface area contributed by atoms with E-state index in [4.69, 9.17) is 0 Å². The lowest BCUT2D eigenvalue weighted by Crippen LogP contribution is -1.67. The van der Waals surface area contributed by atoms with Crippen molar-refractivity contribution in [1.82, 2.24) is 0 Å². The van der Waals surface area contributed by atoms with Gasteiger partial charge in [0.15, 0.2) is 0 Å². The first-order valence-electron chi connectivity index (χ1n) is 7.27. The molecule has 0 aromatic carbocycles. The molecule has 0 atom stereocenters. The molecule has 0 aromatic heterocycles. The second-order valence-corrected chi connectivity index (χ2v) is 4.60. The molecule has 0 fully saturated rings. The van der Waals surface area contributed by atoms with Crippen LogP contribution in [0.4, 0.5) is 0 Å². The second-order valence-electron chi connectivity index (χ2n) is 4.23. The monoisotopic (exact) mass is 276 g/mol. The molecule has 1 heteroatoms. The number of rotatable bonds is 11. The van der Waals surface area contributed by atoms with Crippen molar-refractivity contribution in [3.05, 3.63) is 60.8 Å². The van der Waals surface area contributed by atoms with Gasteiger partial charge in [0, 0.05) is 5.75 Å². The van der Waals surface area contributed by atoms with Gasteiger partial charge in [-0.3, -0.25) is 0 Å². The molecule has 0 spiro atoms. The molecule has 0 saturated carbocycles. The van der Waals surface area contributed by atoms with E-state index in [1.54, 1.807) is 0 Å². The van der Waals surface area contributed by atoms with Crippen LogP contribution in [0.3, 0.4) is 0 Å². The Morgan fingerprint density at radius 3 is 1.47 bits per heavy atom. The minimum Gasteiger partial charge on any atom is -0.175 e. The topological polar surface area (TPSA) is 0 Å². The third-order valence-electron chi connectivity index (χ3n) is 2.49. The van der Waals surface area contributed by atoms with E-state index >= 15 is 0 Å². The minimum atomic E-state index is 0.841. The quantitative estimate of drug-likeness (QED) is 0.265. The highest BCUT2D eigenvalue weighted by Gasteiger charge is 1.77. The first kappa shape index (κ1) is 18.0. The van der Waals surface area contributed by atoms with Crippen LogP contribution in [0.15, 0.2) is 60.8 Å². The molecule has 0 aliphatic carbocycles. The first-order valence-corrected chi connectivity index (χ1v) is 7.90. The van der Waals surface area contributed by atoms with Crippen LogP contribution < -0.4 is 0 Å². The number of thiol groups is 1. The maximum absolute atomic E-state index is 4.12. The molecule has 0 aliphatic rings. The number of unbranched alkanes of at least 4 members (excludes halogenated alkanes) is 1. The van der Waals surface area contributed by atoms with Crippen LogP contribution in [0.5, 0.6) is 0 Å². The lowest BCUT2D eigenvalue weighted by Gasteiger charge is -1.87. The molecular formula is C18H28S. The van der Waals surface area contributed by atoms with Crippen molar-refractivity contribution in [3.63, 3.8) is 0 Å². The van der Waals surface area contributed by atoms with E-state index in [9.17, 15) is 0 Å². The van der Waals surface area contributed by atoms with Crippen molar-refractivity contribution >= 4 is 12.6 Å². The lowest BCUT2D eigenvalue weighted by atomic mass is 10.2. The highest BCUT2D eigenvalue weighted by molar-refractivity contribution is 7.80. The predicted octanol–water partition coefficient (Wildman–Crippen LogP) is 6.06. The SMILES string of the molecule is CC/C=C\C/C=C\C/C=C\C/C=C\CC/C=C/CS. The van der Waals surface area contributed by atoms with Gasteiger partial charge in [0.2, 0.25) is 0 Å². The molecule has 0 saturated heterocycles. The lowest BCUT2D eigenvalue weighted by molar-refractivity contribution is 1.04. The molecule has 0 aromatic rings. The summed E-state index contributed by atoms with van der Waals surface area (Å²) in [5, 5.41) is 0. The van der Waals surface area contributed by atoms with Crippen LogP contribution in [-0.4, -0.2) is 5.75 Å². The highest BCUT2D eigenvalue weighted by Crippen LogP contribution is 1.97. The second kappa shape index (κ2) is 17.1. The van der Waals surface area contributed by atoms with Gasteiger partial charge in [0.25, 0.3) is 0 Å². The van der Waals surface area contributed by atoms with Crippen molar-refractivity contribution in [3.8, 4) is 0 Å². The largest absolute Gasteiger partial charge is 0.175 e. The summed E-state index contributed by atoms with van der Waals surface area (Å²) >= 11 is 4.12. The summed E-state index contributed by atoms with van der Waals surface area (Å²) in [7, 11) is 0. The van der Waals surface area contributed by atoms with E-state index in [0.29, 0.717) is 0 Å². The van der Waals surface area contributed by atoms with Crippen molar-refractivity contribution < 1.29 is 0 Å². The van der Waals surface area contributed by atoms with Crippen LogP contribution >= 0.6 is 12.6 Å². The maximum atomic E-state index is 4.12. The molecule has 0 nitrogen and oxygen atoms in total. The summed E-state index contributed by atoms with van der Waals surface area (Å²) < 4.78 is 0. The Labute approximate surface area is 125 Å². The molecule has 0 heterocycles. The Morgan fingerprint density at radius 2 is 1.00 bits per heavy atom. The standard InChI is InChI=1S/C18H28S/c1-2-3-4-5-6-7-8-9-10-11-12-13-14-15-16-17-18-19/h3-4,6-7,9-10,12-13,16-17,19H,2,5,8,11,14-15,18H2,1H3/b4-3-,7-6-,10-9-,13-12-,17-16+. The van der Waals surface area contributed by atoms with Gasteiger partial charge in [-0.1, -0.05) is 67.7 Å². The molecule has 0 rings (SSSR count). The van der Waals surface area contributed by atoms with Crippen molar-refractivity contribution in [2.24, 2.45) is 0 Å². The van der Waals surface area contributed by atoms with Crippen molar-refractivity contribution in [2.75, 3.05) is 5.75 Å². The van der Waals surface area contributed by atoms with Gasteiger partial charge in [-0.05, 0) is 38.5 Å². The van der Waals surface area contributed by atoms with Gasteiger partial charge >= 0.3 is 0 Å². The molecule has 0 N–H and O–H groups in total. The fourth-order valence-corrected chi connectivity index (χ4v) is 1.63. The maximum Gasteiger partial charge on any atom is 0.00825 e. The van der Waals surface area contributed by atoms with Gasteiger partial charge in [0.05, 0.1) is 0 Å². The molecule has 0 unspecified atom stereocenters. The Morgan fingerprint density at radius 1 is 0.579 bits per heavy atom. The number of allylic oxidation sites excluding steroid dienone is 9. The fraction of sp³-hybridized carbons (Fsp3) is 0.444. The Bertz CT molecular complexity index is 306. The fourth-order valence-electron chi connectivity index (χ4n) is 1.48. The van der Waals surface area contributed by atoms with E-state index in [2.05, 4.69) is 80.3 Å². The van der Waals surface area contributed by atoms with Gasteiger partial charge in [-0.15, -0.1) is 0 Å². The zero-order valence-corrected chi connectivity index (χ0v) is 13.1. The summed E-state index contributed by atoms with van der Waals surface area (Å²) in [6.45, 7) is 2.16. The number of hydrogen-bond acceptors (Lipinski definition) is 1. The van der Waals surface area contributed by atoms with E-state index in [1.807, 2.05) is 0 Å². The predicted molar refractivity (Wildman–Crippen MR) is 92.9 cm³/mol. The molecule has 19 heavy (non-hydrogen) atoms. The summed E-state index contributed by atoms with van der Waals surface area (Å²) in [5.74, 6) is 0.841. The molecule has 0 amide bonds. The first-order chi connectivity index (χ1) is 9.41. The van der Waals surface area contributed by atoms with E-state index < -0.39 is 0 Å². The third kappa shape index (κ3) is 17.1. The van der Waals surface area contributed by atoms with Crippen LogP contribution in [0, 0.1) is 0 Å². The molecule has 106 valence electrons. The summed E-state index contributed by atoms with van der Waals surface area (Å²) in [5.41, 5.74) is 0. The third-order valence-corrected chi connectivity index (χ3v) is 2.70. The number of hydrogen-bond donors (Lipinski definition) is 1. The normalized spacial score (nSPS) is 13.2. The van der Waals surface area contributed by atoms with Gasteiger partial charge in [-0.25, -0.2) is 0 Å². The van der Waals surface area contributed by atoms with Crippen LogP contribution in [0.1, 0.15) is 45.4 Å². The van der Waals surface area contributed by atoms with Crippen molar-refractivity contribution in [2.45, 2.75) is 45.4 Å². The molecule has 0 aliphatic heterocycles. The smallest absolute Gasteiger partial charge is 0.00825 e. The van der Waals surface area contributed by atoms with Crippen LogP contribution in [-0.2, 0) is 0 Å². The molecule has 0 radical (unpaired) electrons. The van der Waals surface area contributed by atoms with Gasteiger partial charge < -0.3 is 0 Å². The van der Waals surface area contributed by atoms with Crippen LogP contribution in [0.2, 0.25) is 0 Å². The van der Waals surface area contributed by atoms with E-state index in [0.717, 1.165) is 44.3 Å². The van der Waals surface area contributed by atoms with Crippen molar-refractivity contribution in [1.29, 1.82) is 0 Å². The Hall–Kier alpha value is -0.950. The summed E-state index contributed by atoms with van der Waals surface area (Å²) in [6.07, 6.45) is 28.6. The van der Waals surface area contributed by atoms with E-state index in [-0.39, 0.29) is 0 Å². The summed E-state index contributed by atoms with van der Waals surface area (Å²) in [6, 6.07) is 0. The molecule has 0 bridgehead atoms. The Kier molecular flexibility index (Phi) is 16.2. The average molecular weight is 276 g/mol. The Balaban J connectivity index is 3.40. The zero-order chi connectivity index (χ0) is 14.0. The van der Waals surface area contributed by atoms with Gasteiger partial charge in [-0.2, -0.15) is 12.6 Å². The van der Waals surface area contributed by atoms with E-state index in [1.165, 1.54) is 0 Å². The van der Waals surface area contributed by atoms with Crippen LogP contribution in [0.25, 0.3) is 0 Å². The summed E-state index contributed by atoms with van der Waals surface area (Å²) in [4.78, 5) is 0. The average Bonchev–Trinajstić information content (AvgIpc) is 2.43.